The number of nitrogens with two attached hydrogens (primary N) is 1. The Bertz CT molecular complexity index is 1120. The van der Waals surface area contributed by atoms with E-state index in [2.05, 4.69) is 26.5 Å². The summed E-state index contributed by atoms with van der Waals surface area (Å²) in [6.07, 6.45) is 1.70. The van der Waals surface area contributed by atoms with Gasteiger partial charge in [-0.25, -0.2) is 9.19 Å². The summed E-state index contributed by atoms with van der Waals surface area (Å²) in [7, 11) is -1.21. The number of rotatable bonds is 8. The molecule has 0 spiro atoms. The van der Waals surface area contributed by atoms with E-state index in [-0.39, 0.29) is 12.6 Å². The van der Waals surface area contributed by atoms with E-state index in [9.17, 15) is 9.32 Å². The highest BCUT2D eigenvalue weighted by molar-refractivity contribution is 7.98. The predicted octanol–water partition coefficient (Wildman–Crippen LogP) is 2.64. The molecule has 2 atom stereocenters. The first-order valence-corrected chi connectivity index (χ1v) is 11.0. The third-order valence-electron chi connectivity index (χ3n) is 4.34. The average molecular weight is 428 g/mol. The van der Waals surface area contributed by atoms with Crippen LogP contribution in [0.5, 0.6) is 5.75 Å². The summed E-state index contributed by atoms with van der Waals surface area (Å²) in [5.74, 6) is 5.16. The van der Waals surface area contributed by atoms with Crippen LogP contribution < -0.4 is 20.5 Å². The molecule has 2 aromatic carbocycles. The summed E-state index contributed by atoms with van der Waals surface area (Å²) < 4.78 is 17.2. The molecule has 0 saturated carbocycles. The maximum Gasteiger partial charge on any atom is 0.229 e. The van der Waals surface area contributed by atoms with E-state index >= 15 is 0 Å². The quantitative estimate of drug-likeness (QED) is 0.408. The Morgan fingerprint density at radius 2 is 2.00 bits per heavy atom. The van der Waals surface area contributed by atoms with Gasteiger partial charge in [-0.15, -0.1) is 0 Å². The molecule has 0 amide bonds. The molecule has 0 bridgehead atoms. The second-order valence-electron chi connectivity index (χ2n) is 6.79. The lowest BCUT2D eigenvalue weighted by molar-refractivity contribution is 0.281. The zero-order chi connectivity index (χ0) is 21.7. The highest BCUT2D eigenvalue weighted by Crippen LogP contribution is 2.29. The number of benzene rings is 2. The van der Waals surface area contributed by atoms with Crippen LogP contribution in [-0.2, 0) is 9.71 Å². The van der Waals surface area contributed by atoms with Crippen LogP contribution in [0.1, 0.15) is 6.92 Å². The molecular weight excluding hydrogens is 402 g/mol. The average Bonchev–Trinajstić information content (AvgIpc) is 2.73. The Balaban J connectivity index is 1.96. The number of anilines is 3. The Labute approximate surface area is 176 Å². The van der Waals surface area contributed by atoms with Gasteiger partial charge in [-0.3, -0.25) is 5.14 Å². The van der Waals surface area contributed by atoms with Crippen molar-refractivity contribution in [2.75, 3.05) is 24.4 Å². The Morgan fingerprint density at radius 3 is 2.63 bits per heavy atom. The van der Waals surface area contributed by atoms with Crippen LogP contribution in [0.3, 0.4) is 0 Å². The Kier molecular flexibility index (Phi) is 6.56. The molecule has 3 aromatic rings. The minimum atomic E-state index is -2.82. The number of nitrogens with one attached hydrogen (secondary N) is 2. The van der Waals surface area contributed by atoms with Crippen LogP contribution in [0.2, 0.25) is 0 Å². The summed E-state index contributed by atoms with van der Waals surface area (Å²) in [5.41, 5.74) is 2.31. The van der Waals surface area contributed by atoms with E-state index in [4.69, 9.17) is 9.88 Å². The van der Waals surface area contributed by atoms with E-state index in [1.807, 2.05) is 31.2 Å². The molecule has 5 N–H and O–H groups in total. The number of ether oxygens (including phenoxy) is 1. The minimum Gasteiger partial charge on any atom is -0.497 e. The van der Waals surface area contributed by atoms with Gasteiger partial charge in [0.25, 0.3) is 0 Å². The van der Waals surface area contributed by atoms with Gasteiger partial charge in [-0.05, 0) is 48.7 Å². The Morgan fingerprint density at radius 1 is 1.27 bits per heavy atom. The van der Waals surface area contributed by atoms with E-state index in [1.165, 1.54) is 0 Å². The summed E-state index contributed by atoms with van der Waals surface area (Å²) in [6.45, 7) is 1.80. The fraction of sp³-hybridized carbons (Fsp3) is 0.190. The van der Waals surface area contributed by atoms with Crippen molar-refractivity contribution in [1.82, 2.24) is 9.97 Å². The standard InChI is InChI=1S/C21H25N5O3S/c1-14(13-27)24-20-19(15-7-9-17(29-2)10-8-15)12-23-21(26-20)25-16-5-4-6-18(11-16)30(3,22)28/h4-12,14,27H,3,13H2,1-2H3,(H2,22,28)(H2,23,24,25,26)/t14-,30?/m1/s1. The summed E-state index contributed by atoms with van der Waals surface area (Å²) in [5, 5.41) is 21.4. The first-order chi connectivity index (χ1) is 14.3. The summed E-state index contributed by atoms with van der Waals surface area (Å²) >= 11 is 0. The predicted molar refractivity (Wildman–Crippen MR) is 122 cm³/mol. The molecule has 30 heavy (non-hydrogen) atoms. The zero-order valence-corrected chi connectivity index (χ0v) is 17.6. The monoisotopic (exact) mass is 427 g/mol. The lowest BCUT2D eigenvalue weighted by atomic mass is 10.1. The van der Waals surface area contributed by atoms with Crippen molar-refractivity contribution in [3.63, 3.8) is 0 Å². The molecule has 0 saturated heterocycles. The smallest absolute Gasteiger partial charge is 0.229 e. The van der Waals surface area contributed by atoms with Crippen molar-refractivity contribution in [3.8, 4) is 16.9 Å². The van der Waals surface area contributed by atoms with Crippen LogP contribution in [0.15, 0.2) is 59.6 Å². The van der Waals surface area contributed by atoms with Crippen molar-refractivity contribution in [2.24, 2.45) is 5.14 Å². The minimum absolute atomic E-state index is 0.0504. The lowest BCUT2D eigenvalue weighted by Gasteiger charge is -2.17. The van der Waals surface area contributed by atoms with E-state index in [0.717, 1.165) is 16.9 Å². The number of hydrogen-bond acceptors (Lipinski definition) is 7. The number of hydrogen-bond donors (Lipinski definition) is 4. The molecule has 8 nitrogen and oxygen atoms in total. The van der Waals surface area contributed by atoms with Crippen molar-refractivity contribution < 1.29 is 14.1 Å². The molecule has 0 aliphatic rings. The van der Waals surface area contributed by atoms with E-state index < -0.39 is 9.71 Å². The molecule has 0 radical (unpaired) electrons. The van der Waals surface area contributed by atoms with Crippen molar-refractivity contribution in [1.29, 1.82) is 0 Å². The third kappa shape index (κ3) is 5.26. The fourth-order valence-electron chi connectivity index (χ4n) is 2.73. The second-order valence-corrected chi connectivity index (χ2v) is 8.72. The van der Waals surface area contributed by atoms with Crippen LogP contribution in [0, 0.1) is 0 Å². The van der Waals surface area contributed by atoms with Gasteiger partial charge >= 0.3 is 0 Å². The van der Waals surface area contributed by atoms with Gasteiger partial charge in [-0.1, -0.05) is 18.2 Å². The first kappa shape index (κ1) is 21.6. The normalized spacial score (nSPS) is 13.9. The molecular formula is C21H25N5O3S. The van der Waals surface area contributed by atoms with Crippen molar-refractivity contribution in [2.45, 2.75) is 17.9 Å². The Hall–Kier alpha value is -3.14. The van der Waals surface area contributed by atoms with Crippen LogP contribution in [0.4, 0.5) is 17.5 Å². The topological polar surface area (TPSA) is 122 Å². The first-order valence-electron chi connectivity index (χ1n) is 9.21. The molecule has 1 heterocycles. The van der Waals surface area contributed by atoms with Gasteiger partial charge in [0, 0.05) is 28.4 Å². The lowest BCUT2D eigenvalue weighted by Crippen LogP contribution is -2.21. The molecule has 0 aliphatic heterocycles. The van der Waals surface area contributed by atoms with Crippen LogP contribution >= 0.6 is 0 Å². The van der Waals surface area contributed by atoms with Gasteiger partial charge in [0.1, 0.15) is 11.6 Å². The van der Waals surface area contributed by atoms with Gasteiger partial charge < -0.3 is 20.5 Å². The maximum absolute atomic E-state index is 12.0. The third-order valence-corrected chi connectivity index (χ3v) is 5.39. The molecule has 1 unspecified atom stereocenters. The molecule has 0 fully saturated rings. The highest BCUT2D eigenvalue weighted by Gasteiger charge is 2.13. The number of aromatic nitrogens is 2. The SMILES string of the molecule is C=S(N)(=O)c1cccc(Nc2ncc(-c3ccc(OC)cc3)c(N[C@H](C)CO)n2)c1. The van der Waals surface area contributed by atoms with Gasteiger partial charge in [0.15, 0.2) is 0 Å². The molecule has 9 heteroatoms. The van der Waals surface area contributed by atoms with Crippen LogP contribution in [0.25, 0.3) is 11.1 Å². The maximum atomic E-state index is 12.0. The number of aliphatic hydroxyl groups excluding tert-OH is 1. The van der Waals surface area contributed by atoms with Crippen molar-refractivity contribution >= 4 is 33.0 Å². The largest absolute Gasteiger partial charge is 0.497 e. The van der Waals surface area contributed by atoms with E-state index in [1.54, 1.807) is 37.6 Å². The number of aliphatic hydroxyl groups is 1. The molecule has 3 rings (SSSR count). The number of methoxy groups -OCH3 is 1. The zero-order valence-electron chi connectivity index (χ0n) is 16.8. The molecule has 0 aliphatic carbocycles. The highest BCUT2D eigenvalue weighted by atomic mass is 32.2. The van der Waals surface area contributed by atoms with Crippen molar-refractivity contribution in [3.05, 3.63) is 54.7 Å². The number of nitrogens with zero attached hydrogens (tertiary/aromatic N) is 2. The molecule has 158 valence electrons. The van der Waals surface area contributed by atoms with Gasteiger partial charge in [-0.2, -0.15) is 4.98 Å². The summed E-state index contributed by atoms with van der Waals surface area (Å²) in [4.78, 5) is 9.40. The van der Waals surface area contributed by atoms with Crippen LogP contribution in [-0.4, -0.2) is 44.9 Å². The van der Waals surface area contributed by atoms with Gasteiger partial charge in [0.05, 0.1) is 23.4 Å². The fourth-order valence-corrected chi connectivity index (χ4v) is 3.37. The second kappa shape index (κ2) is 9.12. The molecule has 1 aromatic heterocycles. The summed E-state index contributed by atoms with van der Waals surface area (Å²) in [6, 6.07) is 14.2. The van der Waals surface area contributed by atoms with Gasteiger partial charge in [0.2, 0.25) is 5.95 Å². The van der Waals surface area contributed by atoms with E-state index in [0.29, 0.717) is 22.3 Å².